The van der Waals surface area contributed by atoms with Gasteiger partial charge in [-0.2, -0.15) is 0 Å². The Morgan fingerprint density at radius 1 is 1.12 bits per heavy atom. The highest BCUT2D eigenvalue weighted by molar-refractivity contribution is 6.04. The van der Waals surface area contributed by atoms with Gasteiger partial charge in [0.1, 0.15) is 5.75 Å². The Morgan fingerprint density at radius 2 is 1.88 bits per heavy atom. The van der Waals surface area contributed by atoms with Gasteiger partial charge in [-0.3, -0.25) is 4.79 Å². The molecule has 1 aliphatic rings. The third-order valence-corrected chi connectivity index (χ3v) is 3.34. The number of hydrogen-bond donors (Lipinski definition) is 1. The first-order chi connectivity index (χ1) is 12.4. The lowest BCUT2D eigenvalue weighted by atomic mass is 10.2. The maximum Gasteiger partial charge on any atom is 0.586 e. The van der Waals surface area contributed by atoms with Crippen LogP contribution in [0, 0.1) is 0 Å². The summed E-state index contributed by atoms with van der Waals surface area (Å²) in [4.78, 5) is 23.4. The molecule has 0 saturated heterocycles. The van der Waals surface area contributed by atoms with Crippen LogP contribution in [-0.4, -0.2) is 31.9 Å². The first kappa shape index (κ1) is 17.5. The molecule has 2 aromatic rings. The first-order valence-corrected chi connectivity index (χ1v) is 7.37. The van der Waals surface area contributed by atoms with Crippen molar-refractivity contribution >= 4 is 17.6 Å². The van der Waals surface area contributed by atoms with Crippen LogP contribution in [0.15, 0.2) is 42.5 Å². The summed E-state index contributed by atoms with van der Waals surface area (Å²) < 4.78 is 44.3. The van der Waals surface area contributed by atoms with Gasteiger partial charge < -0.3 is 24.3 Å². The molecule has 1 N–H and O–H groups in total. The van der Waals surface area contributed by atoms with Gasteiger partial charge in [0, 0.05) is 17.3 Å². The Kier molecular flexibility index (Phi) is 4.61. The summed E-state index contributed by atoms with van der Waals surface area (Å²) in [6.45, 7) is -0.294. The van der Waals surface area contributed by atoms with E-state index < -0.39 is 18.2 Å². The number of ether oxygens (including phenoxy) is 4. The van der Waals surface area contributed by atoms with Crippen molar-refractivity contribution in [3.63, 3.8) is 0 Å². The molecule has 3 rings (SSSR count). The van der Waals surface area contributed by atoms with Crippen LogP contribution in [0.3, 0.4) is 0 Å². The summed E-state index contributed by atoms with van der Waals surface area (Å²) in [5.74, 6) is -1.06. The molecule has 136 valence electrons. The predicted octanol–water partition coefficient (Wildman–Crippen LogP) is 2.81. The highest BCUT2D eigenvalue weighted by atomic mass is 19.3. The van der Waals surface area contributed by atoms with Gasteiger partial charge >= 0.3 is 12.3 Å². The van der Waals surface area contributed by atoms with Crippen LogP contribution in [0.4, 0.5) is 14.5 Å². The van der Waals surface area contributed by atoms with Gasteiger partial charge in [-0.1, -0.05) is 6.07 Å². The van der Waals surface area contributed by atoms with Crippen molar-refractivity contribution in [3.8, 4) is 17.2 Å². The molecule has 7 nitrogen and oxygen atoms in total. The van der Waals surface area contributed by atoms with E-state index in [0.29, 0.717) is 5.75 Å². The fourth-order valence-corrected chi connectivity index (χ4v) is 2.16. The Bertz CT molecular complexity index is 855. The van der Waals surface area contributed by atoms with E-state index in [1.165, 1.54) is 37.4 Å². The van der Waals surface area contributed by atoms with Crippen LogP contribution in [-0.2, 0) is 9.53 Å². The number of amides is 1. The molecule has 1 heterocycles. The minimum absolute atomic E-state index is 0.119. The van der Waals surface area contributed by atoms with Gasteiger partial charge in [-0.25, -0.2) is 4.79 Å². The van der Waals surface area contributed by atoms with Gasteiger partial charge in [0.2, 0.25) is 0 Å². The standard InChI is InChI=1S/C17H13F2NO6/c1-23-15(21)9-24-12-4-2-3-10(7-12)16(22)20-11-5-6-13-14(8-11)26-17(18,19)25-13/h2-8H,9H2,1H3,(H,20,22). The summed E-state index contributed by atoms with van der Waals surface area (Å²) in [7, 11) is 1.23. The summed E-state index contributed by atoms with van der Waals surface area (Å²) in [6.07, 6.45) is -3.73. The van der Waals surface area contributed by atoms with Crippen LogP contribution in [0.2, 0.25) is 0 Å². The number of anilines is 1. The zero-order valence-electron chi connectivity index (χ0n) is 13.5. The van der Waals surface area contributed by atoms with Crippen molar-refractivity contribution in [2.75, 3.05) is 19.0 Å². The number of fused-ring (bicyclic) bond motifs is 1. The quantitative estimate of drug-likeness (QED) is 0.821. The van der Waals surface area contributed by atoms with E-state index in [1.807, 2.05) is 0 Å². The van der Waals surface area contributed by atoms with E-state index in [4.69, 9.17) is 4.74 Å². The fourth-order valence-electron chi connectivity index (χ4n) is 2.16. The third kappa shape index (κ3) is 4.00. The zero-order chi connectivity index (χ0) is 18.7. The third-order valence-electron chi connectivity index (χ3n) is 3.34. The van der Waals surface area contributed by atoms with Crippen LogP contribution < -0.4 is 19.5 Å². The fraction of sp³-hybridized carbons (Fsp3) is 0.176. The topological polar surface area (TPSA) is 83.1 Å². The minimum Gasteiger partial charge on any atom is -0.482 e. The lowest BCUT2D eigenvalue weighted by molar-refractivity contribution is -0.286. The van der Waals surface area contributed by atoms with Gasteiger partial charge in [-0.05, 0) is 30.3 Å². The van der Waals surface area contributed by atoms with Crippen molar-refractivity contribution in [2.24, 2.45) is 0 Å². The average Bonchev–Trinajstić information content (AvgIpc) is 2.93. The van der Waals surface area contributed by atoms with Crippen molar-refractivity contribution in [2.45, 2.75) is 6.29 Å². The summed E-state index contributed by atoms with van der Waals surface area (Å²) in [5, 5.41) is 2.55. The highest BCUT2D eigenvalue weighted by Gasteiger charge is 2.43. The highest BCUT2D eigenvalue weighted by Crippen LogP contribution is 2.42. The van der Waals surface area contributed by atoms with Crippen LogP contribution >= 0.6 is 0 Å². The molecule has 0 radical (unpaired) electrons. The summed E-state index contributed by atoms with van der Waals surface area (Å²) in [6, 6.07) is 10.00. The molecule has 9 heteroatoms. The number of methoxy groups -OCH3 is 1. The number of halogens is 2. The maximum absolute atomic E-state index is 13.0. The zero-order valence-corrected chi connectivity index (χ0v) is 13.5. The second-order valence-electron chi connectivity index (χ2n) is 5.18. The number of carbonyl (C=O) groups excluding carboxylic acids is 2. The number of nitrogens with one attached hydrogen (secondary N) is 1. The largest absolute Gasteiger partial charge is 0.586 e. The lowest BCUT2D eigenvalue weighted by Crippen LogP contribution is -2.25. The van der Waals surface area contributed by atoms with Crippen LogP contribution in [0.25, 0.3) is 0 Å². The van der Waals surface area contributed by atoms with Gasteiger partial charge in [0.15, 0.2) is 18.1 Å². The number of rotatable bonds is 5. The van der Waals surface area contributed by atoms with Crippen molar-refractivity contribution in [1.82, 2.24) is 0 Å². The van der Waals surface area contributed by atoms with Crippen LogP contribution in [0.1, 0.15) is 10.4 Å². The summed E-state index contributed by atoms with van der Waals surface area (Å²) in [5.41, 5.74) is 0.492. The van der Waals surface area contributed by atoms with E-state index in [2.05, 4.69) is 19.5 Å². The number of benzene rings is 2. The van der Waals surface area contributed by atoms with Crippen LogP contribution in [0.5, 0.6) is 17.2 Å². The van der Waals surface area contributed by atoms with Crippen molar-refractivity contribution in [1.29, 1.82) is 0 Å². The monoisotopic (exact) mass is 365 g/mol. The SMILES string of the molecule is COC(=O)COc1cccc(C(=O)Nc2ccc3c(c2)OC(F)(F)O3)c1. The van der Waals surface area contributed by atoms with E-state index in [-0.39, 0.29) is 29.4 Å². The van der Waals surface area contributed by atoms with Crippen molar-refractivity contribution < 1.29 is 37.3 Å². The lowest BCUT2D eigenvalue weighted by Gasteiger charge is -2.08. The van der Waals surface area contributed by atoms with E-state index in [9.17, 15) is 18.4 Å². The minimum atomic E-state index is -3.73. The Labute approximate surface area is 146 Å². The first-order valence-electron chi connectivity index (χ1n) is 7.37. The molecule has 0 saturated carbocycles. The molecule has 1 aliphatic heterocycles. The molecule has 26 heavy (non-hydrogen) atoms. The van der Waals surface area contributed by atoms with E-state index in [1.54, 1.807) is 12.1 Å². The van der Waals surface area contributed by atoms with Gasteiger partial charge in [-0.15, -0.1) is 8.78 Å². The molecule has 0 atom stereocenters. The molecule has 0 fully saturated rings. The molecule has 0 aromatic heterocycles. The van der Waals surface area contributed by atoms with Crippen molar-refractivity contribution in [3.05, 3.63) is 48.0 Å². The number of carbonyl (C=O) groups is 2. The second-order valence-corrected chi connectivity index (χ2v) is 5.18. The molecule has 1 amide bonds. The van der Waals surface area contributed by atoms with Gasteiger partial charge in [0.25, 0.3) is 5.91 Å². The summed E-state index contributed by atoms with van der Waals surface area (Å²) >= 11 is 0. The molecule has 0 aliphatic carbocycles. The smallest absolute Gasteiger partial charge is 0.482 e. The molecular weight excluding hydrogens is 352 g/mol. The molecular formula is C17H13F2NO6. The second kappa shape index (κ2) is 6.87. The molecule has 0 bridgehead atoms. The Morgan fingerprint density at radius 3 is 2.65 bits per heavy atom. The predicted molar refractivity (Wildman–Crippen MR) is 84.6 cm³/mol. The number of hydrogen-bond acceptors (Lipinski definition) is 6. The average molecular weight is 365 g/mol. The number of alkyl halides is 2. The van der Waals surface area contributed by atoms with E-state index in [0.717, 1.165) is 0 Å². The number of esters is 1. The maximum atomic E-state index is 13.0. The molecule has 0 unspecified atom stereocenters. The molecule has 0 spiro atoms. The van der Waals surface area contributed by atoms with Gasteiger partial charge in [0.05, 0.1) is 7.11 Å². The molecule has 2 aromatic carbocycles. The normalized spacial score (nSPS) is 13.8. The van der Waals surface area contributed by atoms with E-state index >= 15 is 0 Å². The Balaban J connectivity index is 1.68. The Hall–Kier alpha value is -3.36.